The molecule has 27 heavy (non-hydrogen) atoms. The predicted molar refractivity (Wildman–Crippen MR) is 104 cm³/mol. The fraction of sp³-hybridized carbons (Fsp3) is 0.545. The summed E-state index contributed by atoms with van der Waals surface area (Å²) in [5.41, 5.74) is 1.29. The van der Waals surface area contributed by atoms with Crippen molar-refractivity contribution in [3.8, 4) is 0 Å². The lowest BCUT2D eigenvalue weighted by Crippen LogP contribution is -2.33. The van der Waals surface area contributed by atoms with Crippen molar-refractivity contribution in [2.24, 2.45) is 5.92 Å². The number of aromatic carboxylic acids is 1. The van der Waals surface area contributed by atoms with Crippen molar-refractivity contribution < 1.29 is 19.8 Å². The van der Waals surface area contributed by atoms with Crippen molar-refractivity contribution in [1.29, 1.82) is 0 Å². The van der Waals surface area contributed by atoms with E-state index < -0.39 is 12.1 Å². The highest BCUT2D eigenvalue weighted by Crippen LogP contribution is 2.29. The summed E-state index contributed by atoms with van der Waals surface area (Å²) < 4.78 is 0. The molecule has 1 aromatic rings. The van der Waals surface area contributed by atoms with Crippen LogP contribution < -0.4 is 0 Å². The van der Waals surface area contributed by atoms with Gasteiger partial charge in [-0.3, -0.25) is 4.79 Å². The van der Waals surface area contributed by atoms with Gasteiger partial charge in [-0.1, -0.05) is 50.0 Å². The number of carbonyl (C=O) groups excluding carboxylic acids is 1. The van der Waals surface area contributed by atoms with Crippen molar-refractivity contribution in [3.05, 3.63) is 47.5 Å². The summed E-state index contributed by atoms with van der Waals surface area (Å²) in [6.07, 6.45) is 11.3. The number of rotatable bonds is 8. The Kier molecular flexibility index (Phi) is 6.67. The van der Waals surface area contributed by atoms with Crippen LogP contribution in [0.1, 0.15) is 60.9 Å². The molecule has 0 radical (unpaired) electrons. The third-order valence-corrected chi connectivity index (χ3v) is 5.82. The Labute approximate surface area is 160 Å². The molecule has 2 N–H and O–H groups in total. The third kappa shape index (κ3) is 5.42. The van der Waals surface area contributed by atoms with Crippen LogP contribution in [-0.4, -0.2) is 45.7 Å². The number of hydrogen-bond donors (Lipinski definition) is 2. The van der Waals surface area contributed by atoms with Crippen molar-refractivity contribution in [3.63, 3.8) is 0 Å². The minimum atomic E-state index is -0.933. The van der Waals surface area contributed by atoms with Crippen molar-refractivity contribution in [2.45, 2.75) is 63.5 Å². The van der Waals surface area contributed by atoms with Crippen molar-refractivity contribution >= 4 is 11.9 Å². The first-order chi connectivity index (χ1) is 13.0. The highest BCUT2D eigenvalue weighted by molar-refractivity contribution is 5.87. The maximum Gasteiger partial charge on any atom is 0.335 e. The smallest absolute Gasteiger partial charge is 0.335 e. The molecule has 2 atom stereocenters. The van der Waals surface area contributed by atoms with Crippen LogP contribution in [0.25, 0.3) is 0 Å². The molecule has 3 rings (SSSR count). The maximum atomic E-state index is 12.2. The van der Waals surface area contributed by atoms with Crippen LogP contribution in [-0.2, 0) is 11.2 Å². The molecule has 146 valence electrons. The van der Waals surface area contributed by atoms with Crippen LogP contribution in [0.2, 0.25) is 0 Å². The van der Waals surface area contributed by atoms with Gasteiger partial charge >= 0.3 is 5.97 Å². The molecule has 2 unspecified atom stereocenters. The maximum absolute atomic E-state index is 12.2. The Morgan fingerprint density at radius 2 is 1.89 bits per heavy atom. The number of carboxylic acid groups (broad SMARTS) is 1. The average Bonchev–Trinajstić information content (AvgIpc) is 3.28. The van der Waals surface area contributed by atoms with E-state index in [1.54, 1.807) is 24.3 Å². The van der Waals surface area contributed by atoms with Crippen molar-refractivity contribution in [2.75, 3.05) is 6.54 Å². The van der Waals surface area contributed by atoms with E-state index in [0.29, 0.717) is 25.3 Å². The largest absolute Gasteiger partial charge is 0.478 e. The molecule has 1 saturated carbocycles. The minimum absolute atomic E-state index is 0.0500. The van der Waals surface area contributed by atoms with Gasteiger partial charge in [0.15, 0.2) is 0 Å². The first-order valence-corrected chi connectivity index (χ1v) is 10.0. The molecule has 5 nitrogen and oxygen atoms in total. The van der Waals surface area contributed by atoms with E-state index in [4.69, 9.17) is 5.11 Å². The van der Waals surface area contributed by atoms with Gasteiger partial charge in [0.25, 0.3) is 0 Å². The lowest BCUT2D eigenvalue weighted by atomic mass is 9.99. The van der Waals surface area contributed by atoms with Crippen LogP contribution in [0.15, 0.2) is 36.4 Å². The van der Waals surface area contributed by atoms with Gasteiger partial charge in [-0.25, -0.2) is 4.79 Å². The predicted octanol–water partition coefficient (Wildman–Crippen LogP) is 3.42. The Morgan fingerprint density at radius 1 is 1.19 bits per heavy atom. The SMILES string of the molecule is O=C(O)c1ccc(CCN2C(=O)CCC2C=CC(O)CC2CCCC2)cc1. The van der Waals surface area contributed by atoms with Crippen LogP contribution in [0.3, 0.4) is 0 Å². The van der Waals surface area contributed by atoms with E-state index in [0.717, 1.165) is 18.4 Å². The first kappa shape index (κ1) is 19.6. The van der Waals surface area contributed by atoms with Crippen LogP contribution >= 0.6 is 0 Å². The second-order valence-electron chi connectivity index (χ2n) is 7.78. The second-order valence-corrected chi connectivity index (χ2v) is 7.78. The zero-order valence-corrected chi connectivity index (χ0v) is 15.7. The number of carbonyl (C=O) groups is 2. The van der Waals surface area contributed by atoms with E-state index in [2.05, 4.69) is 0 Å². The monoisotopic (exact) mass is 371 g/mol. The van der Waals surface area contributed by atoms with Gasteiger partial charge in [0.1, 0.15) is 0 Å². The zero-order valence-electron chi connectivity index (χ0n) is 15.7. The standard InChI is InChI=1S/C22H29NO4/c24-20(15-17-3-1-2-4-17)11-9-19-10-12-21(25)23(19)14-13-16-5-7-18(8-6-16)22(26)27/h5-9,11,17,19-20,24H,1-4,10,12-15H2,(H,26,27). The molecule has 0 spiro atoms. The second kappa shape index (κ2) is 9.18. The fourth-order valence-corrected chi connectivity index (χ4v) is 4.23. The summed E-state index contributed by atoms with van der Waals surface area (Å²) >= 11 is 0. The summed E-state index contributed by atoms with van der Waals surface area (Å²) in [7, 11) is 0. The number of aliphatic hydroxyl groups excluding tert-OH is 1. The molecule has 1 aromatic carbocycles. The molecule has 2 fully saturated rings. The van der Waals surface area contributed by atoms with E-state index >= 15 is 0 Å². The number of hydrogen-bond acceptors (Lipinski definition) is 3. The van der Waals surface area contributed by atoms with Gasteiger partial charge < -0.3 is 15.1 Å². The van der Waals surface area contributed by atoms with Gasteiger partial charge in [0.05, 0.1) is 17.7 Å². The van der Waals surface area contributed by atoms with E-state index in [1.165, 1.54) is 25.7 Å². The number of nitrogens with zero attached hydrogens (tertiary/aromatic N) is 1. The van der Waals surface area contributed by atoms with Gasteiger partial charge in [0, 0.05) is 13.0 Å². The summed E-state index contributed by atoms with van der Waals surface area (Å²) in [6.45, 7) is 0.610. The van der Waals surface area contributed by atoms with Crippen LogP contribution in [0, 0.1) is 5.92 Å². The summed E-state index contributed by atoms with van der Waals surface area (Å²) in [4.78, 5) is 25.0. The summed E-state index contributed by atoms with van der Waals surface area (Å²) in [5, 5.41) is 19.2. The molecule has 2 aliphatic rings. The third-order valence-electron chi connectivity index (χ3n) is 5.82. The molecule has 0 bridgehead atoms. The molecular formula is C22H29NO4. The number of likely N-dealkylation sites (tertiary alicyclic amines) is 1. The molecule has 1 heterocycles. The van der Waals surface area contributed by atoms with E-state index in [-0.39, 0.29) is 17.5 Å². The minimum Gasteiger partial charge on any atom is -0.478 e. The molecule has 1 saturated heterocycles. The number of aliphatic hydroxyl groups is 1. The zero-order chi connectivity index (χ0) is 19.2. The Morgan fingerprint density at radius 3 is 2.56 bits per heavy atom. The number of benzene rings is 1. The van der Waals surface area contributed by atoms with Crippen LogP contribution in [0.5, 0.6) is 0 Å². The number of amides is 1. The fourth-order valence-electron chi connectivity index (χ4n) is 4.23. The molecule has 1 aliphatic carbocycles. The Hall–Kier alpha value is -2.14. The highest BCUT2D eigenvalue weighted by atomic mass is 16.4. The van der Waals surface area contributed by atoms with Gasteiger partial charge in [-0.2, -0.15) is 0 Å². The van der Waals surface area contributed by atoms with Gasteiger partial charge in [-0.15, -0.1) is 0 Å². The quantitative estimate of drug-likeness (QED) is 0.687. The summed E-state index contributed by atoms with van der Waals surface area (Å²) in [6, 6.07) is 6.86. The highest BCUT2D eigenvalue weighted by Gasteiger charge is 2.29. The molecule has 1 aliphatic heterocycles. The van der Waals surface area contributed by atoms with Crippen molar-refractivity contribution in [1.82, 2.24) is 4.90 Å². The Balaban J connectivity index is 1.52. The topological polar surface area (TPSA) is 77.8 Å². The molecule has 1 amide bonds. The lowest BCUT2D eigenvalue weighted by molar-refractivity contribution is -0.128. The first-order valence-electron chi connectivity index (χ1n) is 10.0. The normalized spacial score (nSPS) is 22.0. The molecule has 5 heteroatoms. The Bertz CT molecular complexity index is 676. The number of carboxylic acids is 1. The lowest BCUT2D eigenvalue weighted by Gasteiger charge is -2.23. The average molecular weight is 371 g/mol. The molecule has 0 aromatic heterocycles. The van der Waals surface area contributed by atoms with E-state index in [1.807, 2.05) is 17.1 Å². The van der Waals surface area contributed by atoms with Gasteiger partial charge in [0.2, 0.25) is 5.91 Å². The van der Waals surface area contributed by atoms with Crippen LogP contribution in [0.4, 0.5) is 0 Å². The summed E-state index contributed by atoms with van der Waals surface area (Å²) in [5.74, 6) is -0.144. The van der Waals surface area contributed by atoms with Gasteiger partial charge in [-0.05, 0) is 42.9 Å². The molecular weight excluding hydrogens is 342 g/mol. The van der Waals surface area contributed by atoms with E-state index in [9.17, 15) is 14.7 Å².